The molecule has 0 fully saturated rings. The van der Waals surface area contributed by atoms with E-state index in [4.69, 9.17) is 0 Å². The molecule has 8 heteroatoms. The molecule has 1 heterocycles. The molecule has 0 bridgehead atoms. The van der Waals surface area contributed by atoms with Crippen LogP contribution < -0.4 is 0 Å². The minimum atomic E-state index is -0.780. The average Bonchev–Trinajstić information content (AvgIpc) is 2.41. The first kappa shape index (κ1) is 13.2. The predicted octanol–water partition coefficient (Wildman–Crippen LogP) is 1.98. The fraction of sp³-hybridized carbons (Fsp3) is 0. The Labute approximate surface area is 101 Å². The third-order valence-electron chi connectivity index (χ3n) is 1.75. The maximum absolute atomic E-state index is 10.2. The van der Waals surface area contributed by atoms with Crippen LogP contribution in [0.3, 0.4) is 0 Å². The van der Waals surface area contributed by atoms with Crippen LogP contribution in [0.25, 0.3) is 0 Å². The lowest BCUT2D eigenvalue weighted by Gasteiger charge is -1.91. The van der Waals surface area contributed by atoms with Gasteiger partial charge in [0, 0.05) is 36.9 Å². The molecule has 0 unspecified atom stereocenters. The monoisotopic (exact) mass is 248 g/mol. The van der Waals surface area contributed by atoms with Crippen LogP contribution in [0.5, 0.6) is 0 Å². The van der Waals surface area contributed by atoms with Crippen molar-refractivity contribution >= 4 is 11.4 Å². The van der Waals surface area contributed by atoms with Crippen molar-refractivity contribution in [3.05, 3.63) is 69.3 Å². The smallest absolute Gasteiger partial charge is 0.262 e. The number of nitro benzene ring substituents is 2. The zero-order chi connectivity index (χ0) is 13.4. The summed E-state index contributed by atoms with van der Waals surface area (Å²) in [5.74, 6) is 0. The molecule has 1 aromatic heterocycles. The second kappa shape index (κ2) is 6.63. The molecule has 0 aliphatic heterocycles. The van der Waals surface area contributed by atoms with Crippen molar-refractivity contribution in [1.29, 1.82) is 0 Å². The minimum absolute atomic E-state index is 0.484. The van der Waals surface area contributed by atoms with Crippen LogP contribution in [0.1, 0.15) is 0 Å². The number of para-hydroxylation sites is 2. The molecular weight excluding hydrogens is 240 g/mol. The molecule has 0 saturated heterocycles. The highest BCUT2D eigenvalue weighted by Crippen LogP contribution is 2.24. The van der Waals surface area contributed by atoms with Crippen molar-refractivity contribution in [2.45, 2.75) is 0 Å². The summed E-state index contributed by atoms with van der Waals surface area (Å²) in [6.07, 6.45) is 6.56. The van der Waals surface area contributed by atoms with Gasteiger partial charge >= 0.3 is 11.4 Å². The molecule has 0 amide bonds. The summed E-state index contributed by atoms with van der Waals surface area (Å²) in [7, 11) is 0. The molecule has 2 rings (SSSR count). The van der Waals surface area contributed by atoms with E-state index in [0.29, 0.717) is 0 Å². The van der Waals surface area contributed by atoms with Gasteiger partial charge in [0.1, 0.15) is 0 Å². The van der Waals surface area contributed by atoms with Gasteiger partial charge in [0.2, 0.25) is 0 Å². The number of nitro groups is 2. The van der Waals surface area contributed by atoms with Crippen LogP contribution >= 0.6 is 0 Å². The van der Waals surface area contributed by atoms with Gasteiger partial charge in [-0.3, -0.25) is 30.2 Å². The van der Waals surface area contributed by atoms with E-state index in [-0.39, 0.29) is 0 Å². The molecule has 2 aromatic rings. The van der Waals surface area contributed by atoms with Crippen LogP contribution in [0.2, 0.25) is 0 Å². The lowest BCUT2D eigenvalue weighted by Crippen LogP contribution is -1.95. The standard InChI is InChI=1S/C6H4N2O4.C4H4N2/c9-7(10)5-3-1-2-4-6(5)8(11)12;1-2-6-4-3-5-1/h1-4H;1-4H. The first-order valence-corrected chi connectivity index (χ1v) is 4.70. The summed E-state index contributed by atoms with van der Waals surface area (Å²) in [6, 6.07) is 4.95. The highest BCUT2D eigenvalue weighted by molar-refractivity contribution is 5.51. The fourth-order valence-corrected chi connectivity index (χ4v) is 1.03. The third kappa shape index (κ3) is 3.93. The van der Waals surface area contributed by atoms with E-state index in [1.165, 1.54) is 12.1 Å². The molecule has 0 saturated carbocycles. The minimum Gasteiger partial charge on any atom is -0.262 e. The Morgan fingerprint density at radius 1 is 0.778 bits per heavy atom. The second-order valence-electron chi connectivity index (χ2n) is 2.90. The van der Waals surface area contributed by atoms with Crippen molar-refractivity contribution in [3.8, 4) is 0 Å². The van der Waals surface area contributed by atoms with Crippen molar-refractivity contribution in [2.24, 2.45) is 0 Å². The highest BCUT2D eigenvalue weighted by Gasteiger charge is 2.21. The van der Waals surface area contributed by atoms with Gasteiger partial charge in [-0.1, -0.05) is 12.1 Å². The molecule has 1 aromatic carbocycles. The second-order valence-corrected chi connectivity index (χ2v) is 2.90. The lowest BCUT2D eigenvalue weighted by atomic mass is 10.3. The van der Waals surface area contributed by atoms with Gasteiger partial charge in [-0.15, -0.1) is 0 Å². The highest BCUT2D eigenvalue weighted by atomic mass is 16.6. The van der Waals surface area contributed by atoms with E-state index >= 15 is 0 Å². The zero-order valence-electron chi connectivity index (χ0n) is 9.04. The Morgan fingerprint density at radius 3 is 1.33 bits per heavy atom. The summed E-state index contributed by atoms with van der Waals surface area (Å²) in [5.41, 5.74) is -0.968. The van der Waals surface area contributed by atoms with Crippen molar-refractivity contribution in [2.75, 3.05) is 0 Å². The number of hydrogen-bond donors (Lipinski definition) is 0. The molecule has 18 heavy (non-hydrogen) atoms. The first-order chi connectivity index (χ1) is 8.63. The number of rotatable bonds is 2. The lowest BCUT2D eigenvalue weighted by molar-refractivity contribution is -0.422. The Hall–Kier alpha value is -2.90. The van der Waals surface area contributed by atoms with Gasteiger partial charge in [-0.2, -0.15) is 0 Å². The normalized spacial score (nSPS) is 8.89. The largest absolute Gasteiger partial charge is 0.346 e. The summed E-state index contributed by atoms with van der Waals surface area (Å²) < 4.78 is 0. The molecule has 0 aliphatic rings. The molecule has 8 nitrogen and oxygen atoms in total. The molecule has 92 valence electrons. The van der Waals surface area contributed by atoms with E-state index in [1.54, 1.807) is 24.8 Å². The summed E-state index contributed by atoms with van der Waals surface area (Å²) in [4.78, 5) is 26.3. The Bertz CT molecular complexity index is 473. The van der Waals surface area contributed by atoms with Gasteiger partial charge in [0.05, 0.1) is 9.85 Å². The molecule has 0 spiro atoms. The molecule has 0 atom stereocenters. The third-order valence-corrected chi connectivity index (χ3v) is 1.75. The maximum Gasteiger partial charge on any atom is 0.346 e. The van der Waals surface area contributed by atoms with E-state index in [2.05, 4.69) is 9.97 Å². The van der Waals surface area contributed by atoms with E-state index in [0.717, 1.165) is 12.1 Å². The summed E-state index contributed by atoms with van der Waals surface area (Å²) in [6.45, 7) is 0. The van der Waals surface area contributed by atoms with Gasteiger partial charge in [0.15, 0.2) is 0 Å². The quantitative estimate of drug-likeness (QED) is 0.593. The number of aromatic nitrogens is 2. The van der Waals surface area contributed by atoms with E-state index < -0.39 is 21.2 Å². The predicted molar refractivity (Wildman–Crippen MR) is 61.8 cm³/mol. The summed E-state index contributed by atoms with van der Waals surface area (Å²) in [5, 5.41) is 20.5. The first-order valence-electron chi connectivity index (χ1n) is 4.70. The summed E-state index contributed by atoms with van der Waals surface area (Å²) >= 11 is 0. The van der Waals surface area contributed by atoms with E-state index in [1.807, 2.05) is 0 Å². The van der Waals surface area contributed by atoms with E-state index in [9.17, 15) is 20.2 Å². The Kier molecular flexibility index (Phi) is 4.85. The maximum atomic E-state index is 10.2. The van der Waals surface area contributed by atoms with Crippen molar-refractivity contribution < 1.29 is 9.85 Å². The molecular formula is C10H8N4O4. The van der Waals surface area contributed by atoms with Crippen LogP contribution in [-0.2, 0) is 0 Å². The zero-order valence-corrected chi connectivity index (χ0v) is 9.04. The Balaban J connectivity index is 0.000000225. The number of benzene rings is 1. The number of nitrogens with zero attached hydrogens (tertiary/aromatic N) is 4. The SMILES string of the molecule is O=[N+]([O-])c1ccccc1[N+](=O)[O-].c1cnccn1. The number of hydrogen-bond acceptors (Lipinski definition) is 6. The molecule has 0 radical (unpaired) electrons. The fourth-order valence-electron chi connectivity index (χ4n) is 1.03. The van der Waals surface area contributed by atoms with Crippen molar-refractivity contribution in [1.82, 2.24) is 9.97 Å². The van der Waals surface area contributed by atoms with Gasteiger partial charge in [-0.05, 0) is 0 Å². The van der Waals surface area contributed by atoms with Gasteiger partial charge < -0.3 is 0 Å². The van der Waals surface area contributed by atoms with Crippen LogP contribution in [0, 0.1) is 20.2 Å². The van der Waals surface area contributed by atoms with Crippen LogP contribution in [-0.4, -0.2) is 19.8 Å². The van der Waals surface area contributed by atoms with Crippen LogP contribution in [0.15, 0.2) is 49.1 Å². The van der Waals surface area contributed by atoms with Crippen molar-refractivity contribution in [3.63, 3.8) is 0 Å². The van der Waals surface area contributed by atoms with Gasteiger partial charge in [0.25, 0.3) is 0 Å². The molecule has 0 aliphatic carbocycles. The van der Waals surface area contributed by atoms with Crippen LogP contribution in [0.4, 0.5) is 11.4 Å². The topological polar surface area (TPSA) is 112 Å². The average molecular weight is 248 g/mol. The molecule has 0 N–H and O–H groups in total. The van der Waals surface area contributed by atoms with Gasteiger partial charge in [-0.25, -0.2) is 0 Å². The Morgan fingerprint density at radius 2 is 1.11 bits per heavy atom.